The maximum Gasteiger partial charge on any atom is 0.341 e. The minimum Gasteiger partial charge on any atom is -0.462 e. The number of nitrogens with one attached hydrogen (secondary N) is 2. The van der Waals surface area contributed by atoms with E-state index in [-0.39, 0.29) is 6.61 Å². The van der Waals surface area contributed by atoms with Gasteiger partial charge in [-0.05, 0) is 49.3 Å². The highest BCUT2D eigenvalue weighted by molar-refractivity contribution is 7.92. The molecule has 0 saturated carbocycles. The number of hydrogen-bond acceptors (Lipinski definition) is 8. The van der Waals surface area contributed by atoms with Crippen LogP contribution >= 0.6 is 11.3 Å². The van der Waals surface area contributed by atoms with E-state index < -0.39 is 46.4 Å². The number of carbonyl (C=O) groups is 3. The Morgan fingerprint density at radius 2 is 1.83 bits per heavy atom. The highest BCUT2D eigenvalue weighted by Crippen LogP contribution is 2.39. The van der Waals surface area contributed by atoms with Crippen molar-refractivity contribution in [2.24, 2.45) is 5.92 Å². The molecule has 2 aromatic rings. The average Bonchev–Trinajstić information content (AvgIpc) is 3.41. The van der Waals surface area contributed by atoms with E-state index >= 15 is 0 Å². The molecule has 0 radical (unpaired) electrons. The van der Waals surface area contributed by atoms with Crippen LogP contribution in [0.5, 0.6) is 0 Å². The summed E-state index contributed by atoms with van der Waals surface area (Å²) in [4.78, 5) is 38.7. The second kappa shape index (κ2) is 12.3. The normalized spacial score (nSPS) is 14.0. The molecule has 1 unspecified atom stereocenters. The van der Waals surface area contributed by atoms with Gasteiger partial charge in [-0.3, -0.25) is 9.59 Å². The first-order chi connectivity index (χ1) is 17.1. The van der Waals surface area contributed by atoms with Crippen molar-refractivity contribution in [2.75, 3.05) is 18.5 Å². The van der Waals surface area contributed by atoms with Gasteiger partial charge in [0, 0.05) is 10.3 Å². The van der Waals surface area contributed by atoms with Gasteiger partial charge in [-0.2, -0.15) is 4.72 Å². The summed E-state index contributed by atoms with van der Waals surface area (Å²) >= 11 is 1.32. The van der Waals surface area contributed by atoms with Crippen LogP contribution in [0.2, 0.25) is 0 Å². The number of amides is 1. The fourth-order valence-electron chi connectivity index (χ4n) is 3.71. The molecule has 36 heavy (non-hydrogen) atoms. The van der Waals surface area contributed by atoms with E-state index in [4.69, 9.17) is 9.47 Å². The Balaban J connectivity index is 1.62. The van der Waals surface area contributed by atoms with Crippen molar-refractivity contribution in [1.82, 2.24) is 4.72 Å². The van der Waals surface area contributed by atoms with E-state index in [0.29, 0.717) is 16.1 Å². The minimum absolute atomic E-state index is 0.210. The van der Waals surface area contributed by atoms with E-state index in [9.17, 15) is 22.8 Å². The van der Waals surface area contributed by atoms with Gasteiger partial charge in [0.2, 0.25) is 10.0 Å². The lowest BCUT2D eigenvalue weighted by atomic mass is 10.1. The van der Waals surface area contributed by atoms with Crippen molar-refractivity contribution in [3.05, 3.63) is 57.3 Å². The molecule has 11 heteroatoms. The highest BCUT2D eigenvalue weighted by Gasteiger charge is 2.30. The van der Waals surface area contributed by atoms with Crippen molar-refractivity contribution in [3.63, 3.8) is 0 Å². The second-order valence-corrected chi connectivity index (χ2v) is 11.2. The molecule has 1 atom stereocenters. The minimum atomic E-state index is -3.96. The zero-order valence-electron chi connectivity index (χ0n) is 20.4. The Bertz CT molecular complexity index is 1230. The topological polar surface area (TPSA) is 128 Å². The van der Waals surface area contributed by atoms with Gasteiger partial charge in [0.1, 0.15) is 11.0 Å². The van der Waals surface area contributed by atoms with E-state index in [0.717, 1.165) is 35.1 Å². The van der Waals surface area contributed by atoms with Crippen LogP contribution in [0.25, 0.3) is 6.08 Å². The molecule has 0 saturated heterocycles. The molecule has 1 aromatic carbocycles. The number of rotatable bonds is 11. The third kappa shape index (κ3) is 7.25. The summed E-state index contributed by atoms with van der Waals surface area (Å²) in [5.74, 6) is -2.45. The maximum absolute atomic E-state index is 12.6. The summed E-state index contributed by atoms with van der Waals surface area (Å²) < 4.78 is 37.6. The molecule has 1 amide bonds. The van der Waals surface area contributed by atoms with Crippen molar-refractivity contribution in [3.8, 4) is 0 Å². The quantitative estimate of drug-likeness (QED) is 0.422. The van der Waals surface area contributed by atoms with Crippen LogP contribution in [0.15, 0.2) is 35.7 Å². The third-order valence-corrected chi connectivity index (χ3v) is 7.73. The number of sulfonamides is 1. The second-order valence-electron chi connectivity index (χ2n) is 8.54. The summed E-state index contributed by atoms with van der Waals surface area (Å²) in [6, 6.07) is 7.66. The predicted molar refractivity (Wildman–Crippen MR) is 138 cm³/mol. The van der Waals surface area contributed by atoms with Gasteiger partial charge < -0.3 is 14.8 Å². The number of anilines is 1. The fraction of sp³-hybridized carbons (Fsp3) is 0.400. The maximum atomic E-state index is 12.6. The van der Waals surface area contributed by atoms with Gasteiger partial charge >= 0.3 is 11.9 Å². The highest BCUT2D eigenvalue weighted by atomic mass is 32.2. The third-order valence-electron chi connectivity index (χ3n) is 5.45. The molecular weight excluding hydrogens is 504 g/mol. The molecule has 1 heterocycles. The summed E-state index contributed by atoms with van der Waals surface area (Å²) in [5, 5.41) is 3.99. The Morgan fingerprint density at radius 1 is 1.11 bits per heavy atom. The largest absolute Gasteiger partial charge is 0.462 e. The van der Waals surface area contributed by atoms with Crippen LogP contribution in [0.4, 0.5) is 5.00 Å². The number of thiophene rings is 1. The standard InChI is InChI=1S/C25H30N2O7S2/c1-4-33-24(29)21-18-11-8-12-19(18)35-23(21)26-20(28)15-34-25(30)22(16(2)3)27-36(31,32)14-13-17-9-6-5-7-10-17/h5-7,9-10,13-14,16,22,27H,4,8,11-12,15H2,1-3H3,(H,26,28). The first kappa shape index (κ1) is 27.6. The molecule has 9 nitrogen and oxygen atoms in total. The van der Waals surface area contributed by atoms with E-state index in [2.05, 4.69) is 10.0 Å². The number of benzene rings is 1. The number of aryl methyl sites for hydroxylation is 1. The zero-order valence-corrected chi connectivity index (χ0v) is 22.0. The first-order valence-corrected chi connectivity index (χ1v) is 14.0. The number of hydrogen-bond donors (Lipinski definition) is 2. The lowest BCUT2D eigenvalue weighted by Crippen LogP contribution is -2.45. The van der Waals surface area contributed by atoms with E-state index in [1.54, 1.807) is 45.0 Å². The predicted octanol–water partition coefficient (Wildman–Crippen LogP) is 3.51. The summed E-state index contributed by atoms with van der Waals surface area (Å²) in [6.07, 6.45) is 3.91. The molecule has 2 N–H and O–H groups in total. The number of ether oxygens (including phenoxy) is 2. The Morgan fingerprint density at radius 3 is 2.50 bits per heavy atom. The summed E-state index contributed by atoms with van der Waals surface area (Å²) in [6.45, 7) is 4.61. The monoisotopic (exact) mass is 534 g/mol. The SMILES string of the molecule is CCOC(=O)c1c(NC(=O)COC(=O)C(NS(=O)(=O)C=Cc2ccccc2)C(C)C)sc2c1CCC2. The molecule has 1 aromatic heterocycles. The van der Waals surface area contributed by atoms with Gasteiger partial charge in [0.25, 0.3) is 5.91 Å². The summed E-state index contributed by atoms with van der Waals surface area (Å²) in [7, 11) is -3.96. The molecule has 0 fully saturated rings. The fourth-order valence-corrected chi connectivity index (χ4v) is 6.14. The zero-order chi connectivity index (χ0) is 26.3. The lowest BCUT2D eigenvalue weighted by molar-refractivity contribution is -0.150. The average molecular weight is 535 g/mol. The van der Waals surface area contributed by atoms with E-state index in [1.807, 2.05) is 6.07 Å². The number of esters is 2. The van der Waals surface area contributed by atoms with Gasteiger partial charge in [-0.15, -0.1) is 11.3 Å². The van der Waals surface area contributed by atoms with Gasteiger partial charge in [0.05, 0.1) is 12.2 Å². The van der Waals surface area contributed by atoms with Crippen LogP contribution in [-0.2, 0) is 41.9 Å². The molecule has 3 rings (SSSR count). The van der Waals surface area contributed by atoms with Crippen molar-refractivity contribution < 1.29 is 32.3 Å². The van der Waals surface area contributed by atoms with Crippen molar-refractivity contribution in [1.29, 1.82) is 0 Å². The first-order valence-electron chi connectivity index (χ1n) is 11.6. The molecule has 1 aliphatic rings. The van der Waals surface area contributed by atoms with Gasteiger partial charge in [-0.25, -0.2) is 13.2 Å². The molecule has 1 aliphatic carbocycles. The van der Waals surface area contributed by atoms with Gasteiger partial charge in [0.15, 0.2) is 6.61 Å². The van der Waals surface area contributed by atoms with Crippen LogP contribution < -0.4 is 10.0 Å². The molecule has 0 spiro atoms. The smallest absolute Gasteiger partial charge is 0.341 e. The number of fused-ring (bicyclic) bond motifs is 1. The Hall–Kier alpha value is -3.02. The molecule has 0 aliphatic heterocycles. The van der Waals surface area contributed by atoms with Crippen molar-refractivity contribution >= 4 is 50.3 Å². The Kier molecular flexibility index (Phi) is 9.41. The van der Waals surface area contributed by atoms with Gasteiger partial charge in [-0.1, -0.05) is 44.2 Å². The molecular formula is C25H30N2O7S2. The van der Waals surface area contributed by atoms with Crippen LogP contribution in [-0.4, -0.2) is 45.5 Å². The van der Waals surface area contributed by atoms with Crippen molar-refractivity contribution in [2.45, 2.75) is 46.1 Å². The number of carbonyl (C=O) groups excluding carboxylic acids is 3. The van der Waals surface area contributed by atoms with Crippen LogP contribution in [0, 0.1) is 5.92 Å². The summed E-state index contributed by atoms with van der Waals surface area (Å²) in [5.41, 5.74) is 1.93. The Labute approximate surface area is 214 Å². The van der Waals surface area contributed by atoms with Crippen LogP contribution in [0.1, 0.15) is 53.6 Å². The van der Waals surface area contributed by atoms with E-state index in [1.165, 1.54) is 17.4 Å². The van der Waals surface area contributed by atoms with Crippen LogP contribution in [0.3, 0.4) is 0 Å². The lowest BCUT2D eigenvalue weighted by Gasteiger charge is -2.19. The molecule has 194 valence electrons. The molecule has 0 bridgehead atoms.